The number of amides is 2. The van der Waals surface area contributed by atoms with Gasteiger partial charge in [-0.05, 0) is 35.4 Å². The molecule has 2 N–H and O–H groups in total. The summed E-state index contributed by atoms with van der Waals surface area (Å²) in [7, 11) is 1.52. The Labute approximate surface area is 198 Å². The molecule has 6 heteroatoms. The molecule has 0 bridgehead atoms. The molecule has 0 unspecified atom stereocenters. The van der Waals surface area contributed by atoms with Gasteiger partial charge in [0.15, 0.2) is 0 Å². The zero-order valence-electron chi connectivity index (χ0n) is 18.8. The molecule has 0 spiro atoms. The van der Waals surface area contributed by atoms with Gasteiger partial charge in [0.1, 0.15) is 5.75 Å². The second-order valence-corrected chi connectivity index (χ2v) is 7.74. The molecule has 0 aliphatic heterocycles. The van der Waals surface area contributed by atoms with Gasteiger partial charge in [-0.25, -0.2) is 0 Å². The molecule has 170 valence electrons. The Hall–Kier alpha value is -4.45. The molecular weight excluding hydrogens is 426 g/mol. The summed E-state index contributed by atoms with van der Waals surface area (Å²) in [5, 5.41) is 5.77. The van der Waals surface area contributed by atoms with Crippen LogP contribution >= 0.6 is 0 Å². The number of pyridine rings is 1. The Morgan fingerprint density at radius 2 is 1.53 bits per heavy atom. The van der Waals surface area contributed by atoms with Crippen molar-refractivity contribution in [3.05, 3.63) is 120 Å². The minimum atomic E-state index is -0.295. The lowest BCUT2D eigenvalue weighted by Gasteiger charge is -2.18. The number of benzene rings is 3. The van der Waals surface area contributed by atoms with E-state index >= 15 is 0 Å². The van der Waals surface area contributed by atoms with Crippen molar-refractivity contribution in [3.8, 4) is 5.75 Å². The van der Waals surface area contributed by atoms with Crippen molar-refractivity contribution in [2.75, 3.05) is 17.7 Å². The monoisotopic (exact) mass is 451 g/mol. The molecule has 2 amide bonds. The number of carbonyl (C=O) groups excluding carboxylic acids is 2. The van der Waals surface area contributed by atoms with Gasteiger partial charge < -0.3 is 15.4 Å². The standard InChI is InChI=1S/C28H25N3O3/c1-34-26-17-23(14-15-25(26)31-28(33)22-13-8-16-29-19-22)30-27(32)18-24(20-9-4-2-5-10-20)21-11-6-3-7-12-21/h2-17,19,24H,18H2,1H3,(H,30,32)(H,31,33). The van der Waals surface area contributed by atoms with Crippen molar-refractivity contribution in [1.82, 2.24) is 4.98 Å². The summed E-state index contributed by atoms with van der Waals surface area (Å²) >= 11 is 0. The topological polar surface area (TPSA) is 80.3 Å². The van der Waals surface area contributed by atoms with Crippen LogP contribution < -0.4 is 15.4 Å². The van der Waals surface area contributed by atoms with E-state index in [1.54, 1.807) is 36.5 Å². The molecule has 0 aliphatic rings. The first-order valence-electron chi connectivity index (χ1n) is 10.9. The van der Waals surface area contributed by atoms with E-state index in [1.165, 1.54) is 13.3 Å². The number of nitrogens with zero attached hydrogens (tertiary/aromatic N) is 1. The summed E-state index contributed by atoms with van der Waals surface area (Å²) in [4.78, 5) is 29.4. The molecule has 0 aliphatic carbocycles. The average Bonchev–Trinajstić information content (AvgIpc) is 2.89. The third-order valence-corrected chi connectivity index (χ3v) is 5.45. The molecule has 1 heterocycles. The Bertz CT molecular complexity index is 1210. The van der Waals surface area contributed by atoms with Crippen molar-refractivity contribution >= 4 is 23.2 Å². The summed E-state index contributed by atoms with van der Waals surface area (Å²) in [5.74, 6) is -0.0382. The van der Waals surface area contributed by atoms with E-state index in [1.807, 2.05) is 60.7 Å². The van der Waals surface area contributed by atoms with Gasteiger partial charge in [0.25, 0.3) is 5.91 Å². The first kappa shape index (κ1) is 22.7. The SMILES string of the molecule is COc1cc(NC(=O)CC(c2ccccc2)c2ccccc2)ccc1NC(=O)c1cccnc1. The van der Waals surface area contributed by atoms with E-state index in [9.17, 15) is 9.59 Å². The zero-order chi connectivity index (χ0) is 23.8. The molecule has 6 nitrogen and oxygen atoms in total. The lowest BCUT2D eigenvalue weighted by atomic mass is 9.88. The summed E-state index contributed by atoms with van der Waals surface area (Å²) in [6, 6.07) is 28.5. The molecule has 0 saturated heterocycles. The fourth-order valence-electron chi connectivity index (χ4n) is 3.76. The Morgan fingerprint density at radius 1 is 0.853 bits per heavy atom. The summed E-state index contributed by atoms with van der Waals surface area (Å²) in [6.07, 6.45) is 3.39. The minimum Gasteiger partial charge on any atom is -0.494 e. The van der Waals surface area contributed by atoms with Gasteiger partial charge in [-0.1, -0.05) is 60.7 Å². The smallest absolute Gasteiger partial charge is 0.257 e. The molecule has 34 heavy (non-hydrogen) atoms. The number of aromatic nitrogens is 1. The fraction of sp³-hybridized carbons (Fsp3) is 0.107. The largest absolute Gasteiger partial charge is 0.494 e. The quantitative estimate of drug-likeness (QED) is 0.371. The van der Waals surface area contributed by atoms with Crippen LogP contribution in [0.1, 0.15) is 33.8 Å². The van der Waals surface area contributed by atoms with Crippen LogP contribution in [0.3, 0.4) is 0 Å². The lowest BCUT2D eigenvalue weighted by Crippen LogP contribution is -2.17. The van der Waals surface area contributed by atoms with E-state index in [2.05, 4.69) is 15.6 Å². The van der Waals surface area contributed by atoms with Gasteiger partial charge in [-0.15, -0.1) is 0 Å². The lowest BCUT2D eigenvalue weighted by molar-refractivity contribution is -0.116. The summed E-state index contributed by atoms with van der Waals surface area (Å²) < 4.78 is 5.44. The van der Waals surface area contributed by atoms with Crippen LogP contribution in [-0.2, 0) is 4.79 Å². The maximum Gasteiger partial charge on any atom is 0.257 e. The van der Waals surface area contributed by atoms with Gasteiger partial charge in [-0.3, -0.25) is 14.6 Å². The van der Waals surface area contributed by atoms with E-state index in [0.29, 0.717) is 22.7 Å². The Balaban J connectivity index is 1.48. The molecule has 0 fully saturated rings. The highest BCUT2D eigenvalue weighted by atomic mass is 16.5. The first-order valence-corrected chi connectivity index (χ1v) is 10.9. The number of ether oxygens (including phenoxy) is 1. The predicted molar refractivity (Wildman–Crippen MR) is 133 cm³/mol. The summed E-state index contributed by atoms with van der Waals surface area (Å²) in [5.41, 5.74) is 3.68. The average molecular weight is 452 g/mol. The van der Waals surface area contributed by atoms with E-state index in [0.717, 1.165) is 11.1 Å². The number of hydrogen-bond donors (Lipinski definition) is 2. The van der Waals surface area contributed by atoms with Crippen LogP contribution in [0.4, 0.5) is 11.4 Å². The van der Waals surface area contributed by atoms with Gasteiger partial charge in [0.2, 0.25) is 5.91 Å². The highest BCUT2D eigenvalue weighted by molar-refractivity contribution is 6.05. The van der Waals surface area contributed by atoms with Gasteiger partial charge in [0, 0.05) is 36.5 Å². The number of hydrogen-bond acceptors (Lipinski definition) is 4. The van der Waals surface area contributed by atoms with Crippen molar-refractivity contribution in [1.29, 1.82) is 0 Å². The van der Waals surface area contributed by atoms with E-state index in [-0.39, 0.29) is 24.2 Å². The van der Waals surface area contributed by atoms with Crippen LogP contribution in [0.15, 0.2) is 103 Å². The first-order chi connectivity index (χ1) is 16.6. The van der Waals surface area contributed by atoms with Crippen LogP contribution in [0, 0.1) is 0 Å². The second-order valence-electron chi connectivity index (χ2n) is 7.74. The highest BCUT2D eigenvalue weighted by Crippen LogP contribution is 2.31. The highest BCUT2D eigenvalue weighted by Gasteiger charge is 2.19. The Morgan fingerprint density at radius 3 is 2.12 bits per heavy atom. The molecule has 3 aromatic carbocycles. The molecule has 0 atom stereocenters. The number of anilines is 2. The normalized spacial score (nSPS) is 10.5. The minimum absolute atomic E-state index is 0.0673. The van der Waals surface area contributed by atoms with Crippen LogP contribution in [0.2, 0.25) is 0 Å². The maximum absolute atomic E-state index is 13.0. The van der Waals surface area contributed by atoms with Gasteiger partial charge in [0.05, 0.1) is 18.4 Å². The van der Waals surface area contributed by atoms with Crippen molar-refractivity contribution in [2.24, 2.45) is 0 Å². The molecule has 1 aromatic heterocycles. The number of rotatable bonds is 8. The maximum atomic E-state index is 13.0. The summed E-state index contributed by atoms with van der Waals surface area (Å²) in [6.45, 7) is 0. The predicted octanol–water partition coefficient (Wildman–Crippen LogP) is 5.50. The number of nitrogens with one attached hydrogen (secondary N) is 2. The number of carbonyl (C=O) groups is 2. The van der Waals surface area contributed by atoms with E-state index < -0.39 is 0 Å². The molecule has 0 radical (unpaired) electrons. The van der Waals surface area contributed by atoms with Gasteiger partial charge >= 0.3 is 0 Å². The third-order valence-electron chi connectivity index (χ3n) is 5.45. The second kappa shape index (κ2) is 10.9. The van der Waals surface area contributed by atoms with Crippen molar-refractivity contribution in [3.63, 3.8) is 0 Å². The van der Waals surface area contributed by atoms with Crippen LogP contribution in [0.25, 0.3) is 0 Å². The Kier molecular flexibility index (Phi) is 7.30. The van der Waals surface area contributed by atoms with Crippen LogP contribution in [0.5, 0.6) is 5.75 Å². The number of methoxy groups -OCH3 is 1. The molecule has 0 saturated carbocycles. The third kappa shape index (κ3) is 5.66. The van der Waals surface area contributed by atoms with Crippen LogP contribution in [-0.4, -0.2) is 23.9 Å². The van der Waals surface area contributed by atoms with E-state index in [4.69, 9.17) is 4.74 Å². The van der Waals surface area contributed by atoms with Crippen molar-refractivity contribution < 1.29 is 14.3 Å². The molecular formula is C28H25N3O3. The van der Waals surface area contributed by atoms with Crippen molar-refractivity contribution in [2.45, 2.75) is 12.3 Å². The zero-order valence-corrected chi connectivity index (χ0v) is 18.8. The fourth-order valence-corrected chi connectivity index (χ4v) is 3.76. The van der Waals surface area contributed by atoms with Gasteiger partial charge in [-0.2, -0.15) is 0 Å². The molecule has 4 rings (SSSR count). The molecule has 4 aromatic rings.